The summed E-state index contributed by atoms with van der Waals surface area (Å²) in [7, 11) is 0. The van der Waals surface area contributed by atoms with Crippen molar-refractivity contribution in [2.24, 2.45) is 5.92 Å². The van der Waals surface area contributed by atoms with Gasteiger partial charge in [0.25, 0.3) is 0 Å². The molecule has 1 aliphatic carbocycles. The Morgan fingerprint density at radius 2 is 2.00 bits per heavy atom. The molecule has 0 aliphatic heterocycles. The van der Waals surface area contributed by atoms with E-state index in [9.17, 15) is 0 Å². The van der Waals surface area contributed by atoms with Crippen LogP contribution in [0.25, 0.3) is 11.3 Å². The van der Waals surface area contributed by atoms with Gasteiger partial charge in [-0.3, -0.25) is 0 Å². The number of benzene rings is 1. The maximum atomic E-state index is 5.72. The maximum absolute atomic E-state index is 5.72. The second-order valence-electron chi connectivity index (χ2n) is 5.66. The molecule has 1 aromatic carbocycles. The van der Waals surface area contributed by atoms with Gasteiger partial charge in [0, 0.05) is 22.5 Å². The second kappa shape index (κ2) is 5.33. The van der Waals surface area contributed by atoms with Crippen molar-refractivity contribution in [1.29, 1.82) is 0 Å². The minimum absolute atomic E-state index is 0.677. The Morgan fingerprint density at radius 1 is 1.21 bits per heavy atom. The van der Waals surface area contributed by atoms with Gasteiger partial charge >= 0.3 is 0 Å². The van der Waals surface area contributed by atoms with Crippen LogP contribution in [-0.4, -0.2) is 4.98 Å². The summed E-state index contributed by atoms with van der Waals surface area (Å²) in [4.78, 5) is 4.85. The van der Waals surface area contributed by atoms with E-state index in [0.717, 1.165) is 17.3 Å². The van der Waals surface area contributed by atoms with Gasteiger partial charge in [0.15, 0.2) is 0 Å². The van der Waals surface area contributed by atoms with E-state index in [1.54, 1.807) is 0 Å². The average Bonchev–Trinajstić information content (AvgIpc) is 2.89. The Morgan fingerprint density at radius 3 is 2.74 bits per heavy atom. The minimum Gasteiger partial charge on any atom is -0.399 e. The number of nitrogens with two attached hydrogens (primary N) is 1. The van der Waals surface area contributed by atoms with Crippen molar-refractivity contribution in [2.45, 2.75) is 38.5 Å². The highest BCUT2D eigenvalue weighted by molar-refractivity contribution is 7.10. The Labute approximate surface area is 118 Å². The molecule has 3 heteroatoms. The molecule has 0 saturated heterocycles. The predicted octanol–water partition coefficient (Wildman–Crippen LogP) is 4.69. The molecule has 2 unspecified atom stereocenters. The molecule has 0 spiro atoms. The highest BCUT2D eigenvalue weighted by Gasteiger charge is 2.22. The largest absolute Gasteiger partial charge is 0.399 e. The molecular weight excluding hydrogens is 252 g/mol. The molecule has 1 heterocycles. The first-order valence-corrected chi connectivity index (χ1v) is 7.91. The highest BCUT2D eigenvalue weighted by atomic mass is 32.1. The van der Waals surface area contributed by atoms with Crippen LogP contribution in [0.1, 0.15) is 43.5 Å². The standard InChI is InChI=1S/C16H20N2S/c1-11-3-2-4-13(9-11)16-18-15(10-19-16)12-5-7-14(17)8-6-12/h5-8,10-11,13H,2-4,9,17H2,1H3. The highest BCUT2D eigenvalue weighted by Crippen LogP contribution is 2.38. The number of hydrogen-bond acceptors (Lipinski definition) is 3. The molecule has 19 heavy (non-hydrogen) atoms. The Hall–Kier alpha value is -1.35. The molecule has 0 radical (unpaired) electrons. The number of aromatic nitrogens is 1. The molecule has 1 fully saturated rings. The van der Waals surface area contributed by atoms with E-state index in [4.69, 9.17) is 10.7 Å². The molecule has 1 saturated carbocycles. The topological polar surface area (TPSA) is 38.9 Å². The summed E-state index contributed by atoms with van der Waals surface area (Å²) < 4.78 is 0. The smallest absolute Gasteiger partial charge is 0.0963 e. The van der Waals surface area contributed by atoms with Gasteiger partial charge in [-0.2, -0.15) is 0 Å². The molecular formula is C16H20N2S. The van der Waals surface area contributed by atoms with Gasteiger partial charge in [-0.25, -0.2) is 4.98 Å². The third-order valence-electron chi connectivity index (χ3n) is 4.01. The predicted molar refractivity (Wildman–Crippen MR) is 82.3 cm³/mol. The van der Waals surface area contributed by atoms with Gasteiger partial charge in [-0.05, 0) is 30.9 Å². The first-order valence-electron chi connectivity index (χ1n) is 7.03. The van der Waals surface area contributed by atoms with Gasteiger partial charge < -0.3 is 5.73 Å². The molecule has 2 nitrogen and oxygen atoms in total. The molecule has 0 bridgehead atoms. The van der Waals surface area contributed by atoms with Crippen molar-refractivity contribution < 1.29 is 0 Å². The van der Waals surface area contributed by atoms with Crippen LogP contribution >= 0.6 is 11.3 Å². The lowest BCUT2D eigenvalue weighted by atomic mass is 9.83. The molecule has 0 amide bonds. The van der Waals surface area contributed by atoms with Gasteiger partial charge in [0.2, 0.25) is 0 Å². The minimum atomic E-state index is 0.677. The van der Waals surface area contributed by atoms with Crippen LogP contribution in [0.2, 0.25) is 0 Å². The quantitative estimate of drug-likeness (QED) is 0.806. The molecule has 2 aromatic rings. The van der Waals surface area contributed by atoms with Crippen molar-refractivity contribution in [3.05, 3.63) is 34.7 Å². The first-order chi connectivity index (χ1) is 9.22. The van der Waals surface area contributed by atoms with E-state index < -0.39 is 0 Å². The van der Waals surface area contributed by atoms with Crippen LogP contribution in [0.3, 0.4) is 0 Å². The van der Waals surface area contributed by atoms with Gasteiger partial charge in [0.05, 0.1) is 10.7 Å². The molecule has 100 valence electrons. The maximum Gasteiger partial charge on any atom is 0.0963 e. The Balaban J connectivity index is 1.81. The van der Waals surface area contributed by atoms with E-state index in [0.29, 0.717) is 5.92 Å². The Bertz CT molecular complexity index is 544. The number of nitrogen functional groups attached to an aromatic ring is 1. The summed E-state index contributed by atoms with van der Waals surface area (Å²) in [5.41, 5.74) is 8.79. The van der Waals surface area contributed by atoms with Crippen LogP contribution in [-0.2, 0) is 0 Å². The molecule has 2 N–H and O–H groups in total. The summed E-state index contributed by atoms with van der Waals surface area (Å²) in [5.74, 6) is 1.53. The Kier molecular flexibility index (Phi) is 3.56. The fourth-order valence-electron chi connectivity index (χ4n) is 2.92. The summed E-state index contributed by atoms with van der Waals surface area (Å²) in [6, 6.07) is 7.99. The van der Waals surface area contributed by atoms with Gasteiger partial charge in [-0.15, -0.1) is 11.3 Å². The van der Waals surface area contributed by atoms with E-state index in [-0.39, 0.29) is 0 Å². The summed E-state index contributed by atoms with van der Waals surface area (Å²) in [6.45, 7) is 2.36. The monoisotopic (exact) mass is 272 g/mol. The van der Waals surface area contributed by atoms with Crippen molar-refractivity contribution in [2.75, 3.05) is 5.73 Å². The molecule has 1 aliphatic rings. The van der Waals surface area contributed by atoms with Crippen molar-refractivity contribution >= 4 is 17.0 Å². The first kappa shape index (κ1) is 12.7. The van der Waals surface area contributed by atoms with Gasteiger partial charge in [0.1, 0.15) is 0 Å². The lowest BCUT2D eigenvalue weighted by Gasteiger charge is -2.24. The summed E-state index contributed by atoms with van der Waals surface area (Å²) in [5, 5.41) is 3.50. The van der Waals surface area contributed by atoms with Crippen molar-refractivity contribution in [3.63, 3.8) is 0 Å². The fourth-order valence-corrected chi connectivity index (χ4v) is 3.90. The molecule has 3 rings (SSSR count). The lowest BCUT2D eigenvalue weighted by Crippen LogP contribution is -2.11. The van der Waals surface area contributed by atoms with E-state index in [1.165, 1.54) is 36.3 Å². The zero-order valence-corrected chi connectivity index (χ0v) is 12.1. The summed E-state index contributed by atoms with van der Waals surface area (Å²) in [6.07, 6.45) is 5.34. The van der Waals surface area contributed by atoms with Crippen LogP contribution in [0.5, 0.6) is 0 Å². The molecule has 1 aromatic heterocycles. The third kappa shape index (κ3) is 2.81. The zero-order valence-electron chi connectivity index (χ0n) is 11.3. The van der Waals surface area contributed by atoms with E-state index in [2.05, 4.69) is 24.4 Å². The SMILES string of the molecule is CC1CCCC(c2nc(-c3ccc(N)cc3)cs2)C1. The molecule has 2 atom stereocenters. The van der Waals surface area contributed by atoms with E-state index in [1.807, 2.05) is 23.5 Å². The van der Waals surface area contributed by atoms with Crippen molar-refractivity contribution in [3.8, 4) is 11.3 Å². The van der Waals surface area contributed by atoms with Crippen LogP contribution in [0.4, 0.5) is 5.69 Å². The number of anilines is 1. The van der Waals surface area contributed by atoms with E-state index >= 15 is 0 Å². The number of rotatable bonds is 2. The fraction of sp³-hybridized carbons (Fsp3) is 0.438. The summed E-state index contributed by atoms with van der Waals surface area (Å²) >= 11 is 1.81. The van der Waals surface area contributed by atoms with Gasteiger partial charge in [-0.1, -0.05) is 31.9 Å². The normalized spacial score (nSPS) is 23.4. The van der Waals surface area contributed by atoms with Crippen molar-refractivity contribution in [1.82, 2.24) is 4.98 Å². The average molecular weight is 272 g/mol. The van der Waals surface area contributed by atoms with Crippen LogP contribution in [0, 0.1) is 5.92 Å². The number of hydrogen-bond donors (Lipinski definition) is 1. The second-order valence-corrected chi connectivity index (χ2v) is 6.55. The van der Waals surface area contributed by atoms with Crippen LogP contribution in [0.15, 0.2) is 29.6 Å². The zero-order chi connectivity index (χ0) is 13.2. The number of thiazole rings is 1. The number of nitrogens with zero attached hydrogens (tertiary/aromatic N) is 1. The third-order valence-corrected chi connectivity index (χ3v) is 5.02. The van der Waals surface area contributed by atoms with Crippen LogP contribution < -0.4 is 5.73 Å². The lowest BCUT2D eigenvalue weighted by molar-refractivity contribution is 0.343.